The molecular weight excluding hydrogens is 102 g/mol. The van der Waals surface area contributed by atoms with Crippen molar-refractivity contribution in [3.05, 3.63) is 11.6 Å². The molecule has 0 aromatic carbocycles. The molecule has 0 fully saturated rings. The summed E-state index contributed by atoms with van der Waals surface area (Å²) in [5, 5.41) is 16.4. The smallest absolute Gasteiger partial charge is 0.0911 e. The Morgan fingerprint density at radius 2 is 2.50 bits per heavy atom. The van der Waals surface area contributed by atoms with Crippen LogP contribution in [0.25, 0.3) is 0 Å². The van der Waals surface area contributed by atoms with Crippen LogP contribution in [-0.4, -0.2) is 11.7 Å². The molecule has 2 heteroatoms. The monoisotopic (exact) mass is 111 g/mol. The molecule has 2 nitrogen and oxygen atoms in total. The van der Waals surface area contributed by atoms with Gasteiger partial charge in [-0.15, -0.1) is 0 Å². The van der Waals surface area contributed by atoms with Gasteiger partial charge in [0.25, 0.3) is 0 Å². The lowest BCUT2D eigenvalue weighted by molar-refractivity contribution is 0.299. The molecule has 1 N–H and O–H groups in total. The van der Waals surface area contributed by atoms with Crippen LogP contribution >= 0.6 is 0 Å². The van der Waals surface area contributed by atoms with Gasteiger partial charge in [0, 0.05) is 12.7 Å². The summed E-state index contributed by atoms with van der Waals surface area (Å²) >= 11 is 0. The number of hydrogen-bond acceptors (Lipinski definition) is 2. The maximum absolute atomic E-state index is 8.31. The van der Waals surface area contributed by atoms with Gasteiger partial charge >= 0.3 is 0 Å². The number of rotatable bonds is 2. The average Bonchev–Trinajstić information content (AvgIpc) is 1.68. The van der Waals surface area contributed by atoms with Crippen molar-refractivity contribution in [2.24, 2.45) is 0 Å². The van der Waals surface area contributed by atoms with E-state index in [4.69, 9.17) is 10.4 Å². The molecule has 44 valence electrons. The maximum atomic E-state index is 8.31. The molecule has 0 rings (SSSR count). The van der Waals surface area contributed by atoms with Crippen LogP contribution in [-0.2, 0) is 0 Å². The van der Waals surface area contributed by atoms with Gasteiger partial charge in [-0.3, -0.25) is 0 Å². The number of nitrogens with zero attached hydrogens (tertiary/aromatic N) is 1. The average molecular weight is 111 g/mol. The third-order valence-corrected chi connectivity index (χ3v) is 0.817. The van der Waals surface area contributed by atoms with Crippen molar-refractivity contribution in [2.75, 3.05) is 6.61 Å². The topological polar surface area (TPSA) is 44.0 Å². The molecule has 0 aliphatic heterocycles. The Labute approximate surface area is 49.1 Å². The van der Waals surface area contributed by atoms with Gasteiger partial charge in [-0.05, 0) is 13.3 Å². The highest BCUT2D eigenvalue weighted by atomic mass is 16.2. The van der Waals surface area contributed by atoms with E-state index < -0.39 is 0 Å². The lowest BCUT2D eigenvalue weighted by Crippen LogP contribution is -1.81. The van der Waals surface area contributed by atoms with Crippen LogP contribution in [0.5, 0.6) is 0 Å². The highest BCUT2D eigenvalue weighted by molar-refractivity contribution is 5.10. The molecule has 0 radical (unpaired) electrons. The zero-order valence-electron chi connectivity index (χ0n) is 4.89. The van der Waals surface area contributed by atoms with Crippen molar-refractivity contribution in [3.8, 4) is 6.07 Å². The van der Waals surface area contributed by atoms with Gasteiger partial charge in [-0.25, -0.2) is 0 Å². The molecular formula is C6H9NO. The van der Waals surface area contributed by atoms with E-state index in [1.165, 1.54) is 6.08 Å². The number of aliphatic hydroxyl groups is 1. The van der Waals surface area contributed by atoms with Gasteiger partial charge in [0.1, 0.15) is 0 Å². The second kappa shape index (κ2) is 4.35. The molecule has 0 atom stereocenters. The number of aliphatic hydroxyl groups excluding tert-OH is 1. The first-order valence-corrected chi connectivity index (χ1v) is 2.47. The Bertz CT molecular complexity index is 121. The van der Waals surface area contributed by atoms with Crippen LogP contribution in [0.2, 0.25) is 0 Å². The third-order valence-electron chi connectivity index (χ3n) is 0.817. The van der Waals surface area contributed by atoms with E-state index in [-0.39, 0.29) is 6.61 Å². The van der Waals surface area contributed by atoms with Crippen LogP contribution < -0.4 is 0 Å². The first-order chi connectivity index (χ1) is 3.81. The van der Waals surface area contributed by atoms with Gasteiger partial charge in [-0.1, -0.05) is 5.57 Å². The first kappa shape index (κ1) is 7.19. The zero-order chi connectivity index (χ0) is 6.41. The molecule has 0 unspecified atom stereocenters. The first-order valence-electron chi connectivity index (χ1n) is 2.47. The minimum absolute atomic E-state index is 0.129. The Kier molecular flexibility index (Phi) is 3.91. The summed E-state index contributed by atoms with van der Waals surface area (Å²) in [6.07, 6.45) is 2.05. The van der Waals surface area contributed by atoms with Crippen molar-refractivity contribution >= 4 is 0 Å². The number of nitriles is 1. The van der Waals surface area contributed by atoms with E-state index in [0.29, 0.717) is 6.42 Å². The summed E-state index contributed by atoms with van der Waals surface area (Å²) in [7, 11) is 0. The second-order valence-electron chi connectivity index (χ2n) is 1.59. The summed E-state index contributed by atoms with van der Waals surface area (Å²) in [4.78, 5) is 0. The molecule has 0 bridgehead atoms. The standard InChI is InChI=1S/C6H9NO/c1-6(2-4-7)3-5-8/h2,8H,3,5H2,1H3/b6-2-. The highest BCUT2D eigenvalue weighted by Gasteiger charge is 1.83. The summed E-state index contributed by atoms with van der Waals surface area (Å²) in [6, 6.07) is 1.88. The van der Waals surface area contributed by atoms with Gasteiger partial charge < -0.3 is 5.11 Å². The largest absolute Gasteiger partial charge is 0.396 e. The summed E-state index contributed by atoms with van der Waals surface area (Å²) < 4.78 is 0. The van der Waals surface area contributed by atoms with Crippen molar-refractivity contribution in [1.82, 2.24) is 0 Å². The summed E-state index contributed by atoms with van der Waals surface area (Å²) in [5.74, 6) is 0. The maximum Gasteiger partial charge on any atom is 0.0911 e. The molecule has 0 aromatic rings. The highest BCUT2D eigenvalue weighted by Crippen LogP contribution is 1.95. The molecule has 0 saturated carbocycles. The Balaban J connectivity index is 3.49. The van der Waals surface area contributed by atoms with Crippen molar-refractivity contribution in [1.29, 1.82) is 5.26 Å². The fourth-order valence-corrected chi connectivity index (χ4v) is 0.359. The quantitative estimate of drug-likeness (QED) is 0.536. The number of allylic oxidation sites excluding steroid dienone is 1. The van der Waals surface area contributed by atoms with Crippen LogP contribution in [0, 0.1) is 11.3 Å². The fourth-order valence-electron chi connectivity index (χ4n) is 0.359. The van der Waals surface area contributed by atoms with Gasteiger partial charge in [0.2, 0.25) is 0 Å². The Hall–Kier alpha value is -0.810. The Morgan fingerprint density at radius 3 is 2.88 bits per heavy atom. The van der Waals surface area contributed by atoms with Crippen LogP contribution in [0.15, 0.2) is 11.6 Å². The summed E-state index contributed by atoms with van der Waals surface area (Å²) in [5.41, 5.74) is 0.926. The van der Waals surface area contributed by atoms with E-state index in [0.717, 1.165) is 5.57 Å². The zero-order valence-corrected chi connectivity index (χ0v) is 4.89. The molecule has 0 aromatic heterocycles. The fraction of sp³-hybridized carbons (Fsp3) is 0.500. The summed E-state index contributed by atoms with van der Waals surface area (Å²) in [6.45, 7) is 1.95. The third kappa shape index (κ3) is 3.38. The molecule has 0 spiro atoms. The molecule has 8 heavy (non-hydrogen) atoms. The SMILES string of the molecule is C/C(=C/C#N)CCO. The van der Waals surface area contributed by atoms with Crippen molar-refractivity contribution in [2.45, 2.75) is 13.3 Å². The minimum Gasteiger partial charge on any atom is -0.396 e. The Morgan fingerprint density at radius 1 is 1.88 bits per heavy atom. The van der Waals surface area contributed by atoms with E-state index in [1.807, 2.05) is 13.0 Å². The predicted molar refractivity (Wildman–Crippen MR) is 31.1 cm³/mol. The van der Waals surface area contributed by atoms with E-state index in [9.17, 15) is 0 Å². The van der Waals surface area contributed by atoms with Crippen molar-refractivity contribution < 1.29 is 5.11 Å². The lowest BCUT2D eigenvalue weighted by Gasteiger charge is -1.89. The molecule has 0 aliphatic carbocycles. The van der Waals surface area contributed by atoms with E-state index >= 15 is 0 Å². The lowest BCUT2D eigenvalue weighted by atomic mass is 10.2. The predicted octanol–water partition coefficient (Wildman–Crippen LogP) is 0.839. The van der Waals surface area contributed by atoms with Gasteiger partial charge in [0.05, 0.1) is 6.07 Å². The number of hydrogen-bond donors (Lipinski definition) is 1. The van der Waals surface area contributed by atoms with E-state index in [2.05, 4.69) is 0 Å². The second-order valence-corrected chi connectivity index (χ2v) is 1.59. The molecule has 0 heterocycles. The van der Waals surface area contributed by atoms with Crippen LogP contribution in [0.1, 0.15) is 13.3 Å². The van der Waals surface area contributed by atoms with Gasteiger partial charge in [-0.2, -0.15) is 5.26 Å². The molecule has 0 amide bonds. The normalized spacial score (nSPS) is 10.9. The minimum atomic E-state index is 0.129. The van der Waals surface area contributed by atoms with Crippen LogP contribution in [0.4, 0.5) is 0 Å². The van der Waals surface area contributed by atoms with Crippen LogP contribution in [0.3, 0.4) is 0 Å². The molecule has 0 saturated heterocycles. The van der Waals surface area contributed by atoms with Crippen molar-refractivity contribution in [3.63, 3.8) is 0 Å². The molecule has 0 aliphatic rings. The van der Waals surface area contributed by atoms with E-state index in [1.54, 1.807) is 0 Å². The van der Waals surface area contributed by atoms with Gasteiger partial charge in [0.15, 0.2) is 0 Å².